The number of carbonyl (C=O) groups is 2. The van der Waals surface area contributed by atoms with Crippen LogP contribution in [0, 0.1) is 0 Å². The zero-order valence-corrected chi connectivity index (χ0v) is 16.8. The van der Waals surface area contributed by atoms with Crippen LogP contribution in [0.4, 0.5) is 5.13 Å². The first kappa shape index (κ1) is 20.0. The first-order valence-electron chi connectivity index (χ1n) is 9.56. The number of benzene rings is 1. The molecule has 0 atom stereocenters. The molecule has 2 aromatic rings. The molecule has 1 aromatic heterocycles. The molecule has 0 fully saturated rings. The smallest absolute Gasteiger partial charge is 0.261 e. The topological polar surface area (TPSA) is 101 Å². The highest BCUT2D eigenvalue weighted by Crippen LogP contribution is 2.23. The fourth-order valence-corrected chi connectivity index (χ4v) is 3.76. The fourth-order valence-electron chi connectivity index (χ4n) is 3.00. The molecule has 0 saturated heterocycles. The predicted molar refractivity (Wildman–Crippen MR) is 112 cm³/mol. The van der Waals surface area contributed by atoms with Crippen molar-refractivity contribution in [3.63, 3.8) is 0 Å². The molecular weight excluding hydrogens is 374 g/mol. The van der Waals surface area contributed by atoms with Crippen LogP contribution in [0.25, 0.3) is 0 Å². The van der Waals surface area contributed by atoms with Crippen LogP contribution in [-0.4, -0.2) is 40.7 Å². The van der Waals surface area contributed by atoms with E-state index in [0.717, 1.165) is 42.9 Å². The van der Waals surface area contributed by atoms with Crippen LogP contribution in [0.2, 0.25) is 0 Å². The minimum atomic E-state index is -0.196. The summed E-state index contributed by atoms with van der Waals surface area (Å²) in [4.78, 5) is 34.8. The molecule has 7 nitrogen and oxygen atoms in total. The number of rotatable bonds is 9. The summed E-state index contributed by atoms with van der Waals surface area (Å²) < 4.78 is 0. The van der Waals surface area contributed by atoms with E-state index in [1.165, 1.54) is 16.2 Å². The van der Waals surface area contributed by atoms with E-state index in [2.05, 4.69) is 22.2 Å². The second-order valence-electron chi connectivity index (χ2n) is 6.65. The second kappa shape index (κ2) is 9.45. The molecule has 3 N–H and O–H groups in total. The van der Waals surface area contributed by atoms with Crippen molar-refractivity contribution in [1.29, 1.82) is 0 Å². The van der Waals surface area contributed by atoms with Crippen molar-refractivity contribution in [2.45, 2.75) is 39.0 Å². The van der Waals surface area contributed by atoms with Gasteiger partial charge in [-0.25, -0.2) is 4.98 Å². The highest BCUT2D eigenvalue weighted by molar-refractivity contribution is 7.13. The molecule has 3 rings (SSSR count). The van der Waals surface area contributed by atoms with E-state index in [1.807, 2.05) is 5.38 Å². The molecule has 0 bridgehead atoms. The molecule has 0 saturated carbocycles. The van der Waals surface area contributed by atoms with Crippen molar-refractivity contribution in [2.75, 3.05) is 18.4 Å². The number of hydrogen-bond acceptors (Lipinski definition) is 5. The standard InChI is InChI=1S/C20H25N5O2S/c1-2-3-11-22-19(21)24-20-23-14(13-28-20)8-6-7-12-25-17(26)15-9-4-5-10-16(15)18(25)27/h4-5,9-10,13H,2-3,6-8,11-12H2,1H3,(H3,21,22,23,24). The molecule has 0 aliphatic carbocycles. The molecule has 148 valence electrons. The number of nitrogens with one attached hydrogen (secondary N) is 1. The molecule has 0 radical (unpaired) electrons. The van der Waals surface area contributed by atoms with Gasteiger partial charge in [0.25, 0.3) is 11.8 Å². The van der Waals surface area contributed by atoms with Gasteiger partial charge in [-0.1, -0.05) is 25.5 Å². The van der Waals surface area contributed by atoms with Gasteiger partial charge in [-0.3, -0.25) is 19.5 Å². The summed E-state index contributed by atoms with van der Waals surface area (Å²) >= 11 is 1.49. The zero-order chi connectivity index (χ0) is 19.9. The van der Waals surface area contributed by atoms with E-state index < -0.39 is 0 Å². The van der Waals surface area contributed by atoms with Crippen molar-refractivity contribution in [3.05, 3.63) is 46.5 Å². The SMILES string of the molecule is CCCCN=C(N)Nc1nc(CCCCN2C(=O)c3ccccc3C2=O)cs1. The number of nitrogens with two attached hydrogens (primary N) is 1. The van der Waals surface area contributed by atoms with Crippen LogP contribution in [0.15, 0.2) is 34.6 Å². The molecule has 8 heteroatoms. The quantitative estimate of drug-likeness (QED) is 0.292. The van der Waals surface area contributed by atoms with Crippen LogP contribution in [0.5, 0.6) is 0 Å². The Kier molecular flexibility index (Phi) is 6.76. The Labute approximate surface area is 168 Å². The third-order valence-electron chi connectivity index (χ3n) is 4.52. The Morgan fingerprint density at radius 3 is 2.57 bits per heavy atom. The molecule has 1 aliphatic rings. The molecule has 2 heterocycles. The number of aryl methyl sites for hydroxylation is 1. The number of hydrogen-bond donors (Lipinski definition) is 2. The largest absolute Gasteiger partial charge is 0.370 e. The van der Waals surface area contributed by atoms with Crippen molar-refractivity contribution < 1.29 is 9.59 Å². The molecule has 1 aliphatic heterocycles. The third-order valence-corrected chi connectivity index (χ3v) is 5.33. The van der Waals surface area contributed by atoms with E-state index in [4.69, 9.17) is 5.73 Å². The van der Waals surface area contributed by atoms with Gasteiger partial charge in [0.15, 0.2) is 11.1 Å². The normalized spacial score (nSPS) is 13.9. The maximum atomic E-state index is 12.3. The van der Waals surface area contributed by atoms with Crippen molar-refractivity contribution in [2.24, 2.45) is 10.7 Å². The summed E-state index contributed by atoms with van der Waals surface area (Å²) in [6.45, 7) is 3.25. The Balaban J connectivity index is 1.43. The number of aliphatic imine (C=N–C) groups is 1. The summed E-state index contributed by atoms with van der Waals surface area (Å²) in [7, 11) is 0. The van der Waals surface area contributed by atoms with E-state index in [0.29, 0.717) is 30.2 Å². The average molecular weight is 400 g/mol. The number of fused-ring (bicyclic) bond motifs is 1. The van der Waals surface area contributed by atoms with E-state index in [1.54, 1.807) is 24.3 Å². The minimum Gasteiger partial charge on any atom is -0.370 e. The van der Waals surface area contributed by atoms with Crippen LogP contribution in [0.1, 0.15) is 59.0 Å². The van der Waals surface area contributed by atoms with E-state index in [-0.39, 0.29) is 11.8 Å². The van der Waals surface area contributed by atoms with Gasteiger partial charge < -0.3 is 11.1 Å². The lowest BCUT2D eigenvalue weighted by Gasteiger charge is -2.13. The number of nitrogens with zero attached hydrogens (tertiary/aromatic N) is 3. The highest BCUT2D eigenvalue weighted by atomic mass is 32.1. The summed E-state index contributed by atoms with van der Waals surface area (Å²) in [5.74, 6) is -0.00265. The van der Waals surface area contributed by atoms with Gasteiger partial charge in [0.05, 0.1) is 16.8 Å². The summed E-state index contributed by atoms with van der Waals surface area (Å²) in [5, 5.41) is 5.74. The molecule has 0 unspecified atom stereocenters. The maximum Gasteiger partial charge on any atom is 0.261 e. The lowest BCUT2D eigenvalue weighted by atomic mass is 10.1. The van der Waals surface area contributed by atoms with Gasteiger partial charge in [0, 0.05) is 18.5 Å². The Hall–Kier alpha value is -2.74. The molecule has 1 aromatic carbocycles. The lowest BCUT2D eigenvalue weighted by molar-refractivity contribution is 0.0652. The lowest BCUT2D eigenvalue weighted by Crippen LogP contribution is -2.30. The average Bonchev–Trinajstić information content (AvgIpc) is 3.23. The number of amides is 2. The van der Waals surface area contributed by atoms with Crippen LogP contribution in [-0.2, 0) is 6.42 Å². The number of guanidine groups is 1. The second-order valence-corrected chi connectivity index (χ2v) is 7.51. The first-order chi connectivity index (χ1) is 13.6. The number of thiazole rings is 1. The van der Waals surface area contributed by atoms with Gasteiger partial charge in [0.2, 0.25) is 0 Å². The number of imide groups is 1. The summed E-state index contributed by atoms with van der Waals surface area (Å²) in [6, 6.07) is 6.97. The highest BCUT2D eigenvalue weighted by Gasteiger charge is 2.34. The van der Waals surface area contributed by atoms with Gasteiger partial charge in [-0.05, 0) is 37.8 Å². The summed E-state index contributed by atoms with van der Waals surface area (Å²) in [6.07, 6.45) is 4.47. The van der Waals surface area contributed by atoms with E-state index >= 15 is 0 Å². The zero-order valence-electron chi connectivity index (χ0n) is 16.0. The molecular formula is C20H25N5O2S. The van der Waals surface area contributed by atoms with Crippen molar-refractivity contribution in [1.82, 2.24) is 9.88 Å². The Bertz CT molecular complexity index is 842. The number of carbonyl (C=O) groups excluding carboxylic acids is 2. The Morgan fingerprint density at radius 2 is 1.89 bits per heavy atom. The monoisotopic (exact) mass is 399 g/mol. The number of aromatic nitrogens is 1. The predicted octanol–water partition coefficient (Wildman–Crippen LogP) is 3.29. The van der Waals surface area contributed by atoms with Gasteiger partial charge in [0.1, 0.15) is 0 Å². The number of unbranched alkanes of at least 4 members (excludes halogenated alkanes) is 2. The van der Waals surface area contributed by atoms with Crippen molar-refractivity contribution in [3.8, 4) is 0 Å². The van der Waals surface area contributed by atoms with Gasteiger partial charge in [-0.2, -0.15) is 0 Å². The van der Waals surface area contributed by atoms with Crippen molar-refractivity contribution >= 4 is 34.2 Å². The molecule has 28 heavy (non-hydrogen) atoms. The van der Waals surface area contributed by atoms with Gasteiger partial charge >= 0.3 is 0 Å². The number of anilines is 1. The summed E-state index contributed by atoms with van der Waals surface area (Å²) in [5.41, 5.74) is 7.82. The van der Waals surface area contributed by atoms with Crippen LogP contribution >= 0.6 is 11.3 Å². The van der Waals surface area contributed by atoms with Crippen LogP contribution < -0.4 is 11.1 Å². The Morgan fingerprint density at radius 1 is 1.18 bits per heavy atom. The maximum absolute atomic E-state index is 12.3. The van der Waals surface area contributed by atoms with Gasteiger partial charge in [-0.15, -0.1) is 11.3 Å². The fraction of sp³-hybridized carbons (Fsp3) is 0.400. The van der Waals surface area contributed by atoms with Crippen LogP contribution in [0.3, 0.4) is 0 Å². The third kappa shape index (κ3) is 4.75. The first-order valence-corrected chi connectivity index (χ1v) is 10.4. The molecule has 0 spiro atoms. The van der Waals surface area contributed by atoms with E-state index in [9.17, 15) is 9.59 Å². The minimum absolute atomic E-state index is 0.196. The molecule has 2 amide bonds.